The Labute approximate surface area is 159 Å². The van der Waals surface area contributed by atoms with E-state index in [1.54, 1.807) is 0 Å². The first-order valence-corrected chi connectivity index (χ1v) is 8.68. The molecule has 28 heavy (non-hydrogen) atoms. The number of alkyl halides is 2. The summed E-state index contributed by atoms with van der Waals surface area (Å²) in [5.41, 5.74) is 5.51. The van der Waals surface area contributed by atoms with Gasteiger partial charge in [0.05, 0.1) is 12.3 Å². The number of amides is 3. The second kappa shape index (κ2) is 8.48. The number of nitrogens with zero attached hydrogens (tertiary/aromatic N) is 1. The fraction of sp³-hybridized carbons (Fsp3) is 0.471. The molecule has 2 aliphatic rings. The molecule has 0 unspecified atom stereocenters. The highest BCUT2D eigenvalue weighted by molar-refractivity contribution is 6.09. The highest BCUT2D eigenvalue weighted by atomic mass is 19.3. The average molecular weight is 398 g/mol. The third-order valence-corrected chi connectivity index (χ3v) is 4.25. The predicted octanol–water partition coefficient (Wildman–Crippen LogP) is 0.196. The molecule has 0 radical (unpaired) electrons. The fourth-order valence-corrected chi connectivity index (χ4v) is 2.77. The molecule has 2 fully saturated rings. The van der Waals surface area contributed by atoms with Crippen LogP contribution in [-0.2, 0) is 19.1 Å². The summed E-state index contributed by atoms with van der Waals surface area (Å²) < 4.78 is 35.2. The Bertz CT molecular complexity index is 772. The van der Waals surface area contributed by atoms with Crippen LogP contribution in [0, 0.1) is 0 Å². The van der Waals surface area contributed by atoms with Crippen LogP contribution in [0.5, 0.6) is 5.75 Å². The van der Waals surface area contributed by atoms with Crippen LogP contribution in [0.3, 0.4) is 0 Å². The molecule has 3 rings (SSSR count). The lowest BCUT2D eigenvalue weighted by atomic mass is 10.2. The van der Waals surface area contributed by atoms with Gasteiger partial charge in [-0.3, -0.25) is 19.7 Å². The topological polar surface area (TPSA) is 123 Å². The van der Waals surface area contributed by atoms with Crippen molar-refractivity contribution in [2.75, 3.05) is 30.0 Å². The SMILES string of the molecule is NC(=O)[C@@H](NC1CC1)C(=O)Nc1ccc(N2CCOCC2=O)c(OC(F)F)c1. The van der Waals surface area contributed by atoms with Crippen molar-refractivity contribution in [2.45, 2.75) is 31.5 Å². The van der Waals surface area contributed by atoms with Crippen LogP contribution in [-0.4, -0.2) is 56.2 Å². The molecular formula is C17H20F2N4O5. The lowest BCUT2D eigenvalue weighted by Crippen LogP contribution is -2.50. The molecule has 4 N–H and O–H groups in total. The zero-order valence-corrected chi connectivity index (χ0v) is 14.8. The normalized spacial score (nSPS) is 18.1. The van der Waals surface area contributed by atoms with E-state index in [0.29, 0.717) is 0 Å². The third-order valence-electron chi connectivity index (χ3n) is 4.25. The van der Waals surface area contributed by atoms with Crippen LogP contribution >= 0.6 is 0 Å². The molecular weight excluding hydrogens is 378 g/mol. The first-order chi connectivity index (χ1) is 13.3. The van der Waals surface area contributed by atoms with Crippen LogP contribution in [0.25, 0.3) is 0 Å². The van der Waals surface area contributed by atoms with Crippen LogP contribution in [0.4, 0.5) is 20.2 Å². The minimum Gasteiger partial charge on any atom is -0.433 e. The van der Waals surface area contributed by atoms with Gasteiger partial charge in [0.1, 0.15) is 6.61 Å². The lowest BCUT2D eigenvalue weighted by Gasteiger charge is -2.28. The Morgan fingerprint density at radius 1 is 1.32 bits per heavy atom. The van der Waals surface area contributed by atoms with Crippen LogP contribution in [0.1, 0.15) is 12.8 Å². The van der Waals surface area contributed by atoms with Crippen molar-refractivity contribution in [2.24, 2.45) is 5.73 Å². The second-order valence-electron chi connectivity index (χ2n) is 6.42. The fourth-order valence-electron chi connectivity index (χ4n) is 2.77. The van der Waals surface area contributed by atoms with Gasteiger partial charge in [-0.1, -0.05) is 0 Å². The van der Waals surface area contributed by atoms with Crippen LogP contribution in [0.15, 0.2) is 18.2 Å². The number of primary amides is 1. The summed E-state index contributed by atoms with van der Waals surface area (Å²) in [5.74, 6) is -2.24. The lowest BCUT2D eigenvalue weighted by molar-refractivity contribution is -0.128. The predicted molar refractivity (Wildman–Crippen MR) is 94.0 cm³/mol. The Morgan fingerprint density at radius 3 is 2.68 bits per heavy atom. The third kappa shape index (κ3) is 4.93. The van der Waals surface area contributed by atoms with Gasteiger partial charge in [0.25, 0.3) is 11.8 Å². The maximum Gasteiger partial charge on any atom is 0.387 e. The number of hydrogen-bond donors (Lipinski definition) is 3. The first-order valence-electron chi connectivity index (χ1n) is 8.68. The maximum absolute atomic E-state index is 12.8. The van der Waals surface area contributed by atoms with Gasteiger partial charge in [0, 0.05) is 24.3 Å². The molecule has 9 nitrogen and oxygen atoms in total. The summed E-state index contributed by atoms with van der Waals surface area (Å²) in [6, 6.07) is 2.77. The van der Waals surface area contributed by atoms with Gasteiger partial charge in [-0.2, -0.15) is 8.78 Å². The van der Waals surface area contributed by atoms with Gasteiger partial charge in [0.15, 0.2) is 11.8 Å². The van der Waals surface area contributed by atoms with Crippen LogP contribution < -0.4 is 26.0 Å². The van der Waals surface area contributed by atoms with Gasteiger partial charge in [0.2, 0.25) is 5.91 Å². The molecule has 0 bridgehead atoms. The number of ether oxygens (including phenoxy) is 2. The summed E-state index contributed by atoms with van der Waals surface area (Å²) in [6.45, 7) is -2.86. The van der Waals surface area contributed by atoms with E-state index in [0.717, 1.165) is 18.9 Å². The van der Waals surface area contributed by atoms with E-state index in [-0.39, 0.29) is 42.9 Å². The molecule has 1 aromatic carbocycles. The monoisotopic (exact) mass is 398 g/mol. The molecule has 1 atom stereocenters. The zero-order valence-electron chi connectivity index (χ0n) is 14.8. The molecule has 1 saturated carbocycles. The van der Waals surface area contributed by atoms with Crippen molar-refractivity contribution in [3.63, 3.8) is 0 Å². The van der Waals surface area contributed by atoms with Gasteiger partial charge in [-0.25, -0.2) is 0 Å². The van der Waals surface area contributed by atoms with Crippen molar-refractivity contribution in [3.8, 4) is 5.75 Å². The van der Waals surface area contributed by atoms with E-state index in [1.165, 1.54) is 17.0 Å². The number of hydrogen-bond acceptors (Lipinski definition) is 6. The van der Waals surface area contributed by atoms with E-state index in [2.05, 4.69) is 15.4 Å². The number of nitrogens with one attached hydrogen (secondary N) is 2. The summed E-state index contributed by atoms with van der Waals surface area (Å²) in [6.07, 6.45) is 1.68. The number of rotatable bonds is 8. The molecule has 3 amide bonds. The Kier molecular flexibility index (Phi) is 6.05. The summed E-state index contributed by atoms with van der Waals surface area (Å²) >= 11 is 0. The quantitative estimate of drug-likeness (QED) is 0.538. The Morgan fingerprint density at radius 2 is 2.07 bits per heavy atom. The molecule has 11 heteroatoms. The smallest absolute Gasteiger partial charge is 0.387 e. The molecule has 1 aromatic rings. The Balaban J connectivity index is 1.80. The molecule has 152 valence electrons. The maximum atomic E-state index is 12.8. The number of carbonyl (C=O) groups is 3. The molecule has 0 spiro atoms. The minimum atomic E-state index is -3.13. The van der Waals surface area contributed by atoms with E-state index < -0.39 is 30.4 Å². The zero-order chi connectivity index (χ0) is 20.3. The van der Waals surface area contributed by atoms with Gasteiger partial charge >= 0.3 is 6.61 Å². The average Bonchev–Trinajstić information content (AvgIpc) is 3.44. The van der Waals surface area contributed by atoms with E-state index in [4.69, 9.17) is 10.5 Å². The van der Waals surface area contributed by atoms with Crippen molar-refractivity contribution in [1.82, 2.24) is 5.32 Å². The second-order valence-corrected chi connectivity index (χ2v) is 6.42. The summed E-state index contributed by atoms with van der Waals surface area (Å²) in [7, 11) is 0. The molecule has 0 aromatic heterocycles. The number of nitrogens with two attached hydrogens (primary N) is 1. The van der Waals surface area contributed by atoms with E-state index in [9.17, 15) is 23.2 Å². The number of carbonyl (C=O) groups excluding carboxylic acids is 3. The minimum absolute atomic E-state index is 0.0516. The first kappa shape index (κ1) is 20.0. The van der Waals surface area contributed by atoms with Crippen molar-refractivity contribution < 1.29 is 32.6 Å². The van der Waals surface area contributed by atoms with Gasteiger partial charge in [-0.05, 0) is 25.0 Å². The number of halogens is 2. The molecule has 1 saturated heterocycles. The highest BCUT2D eigenvalue weighted by Crippen LogP contribution is 2.33. The molecule has 1 aliphatic carbocycles. The summed E-state index contributed by atoms with van der Waals surface area (Å²) in [4.78, 5) is 37.1. The molecule has 1 aliphatic heterocycles. The number of morpholine rings is 1. The van der Waals surface area contributed by atoms with Gasteiger partial charge in [-0.15, -0.1) is 0 Å². The largest absolute Gasteiger partial charge is 0.433 e. The number of benzene rings is 1. The molecule has 1 heterocycles. The van der Waals surface area contributed by atoms with Crippen molar-refractivity contribution >= 4 is 29.1 Å². The summed E-state index contributed by atoms with van der Waals surface area (Å²) in [5, 5.41) is 5.28. The van der Waals surface area contributed by atoms with Crippen LogP contribution in [0.2, 0.25) is 0 Å². The van der Waals surface area contributed by atoms with Gasteiger partial charge < -0.3 is 25.4 Å². The standard InChI is InChI=1S/C17H20F2N4O5/c18-17(19)28-12-7-10(3-4-11(12)23-5-6-27-8-13(23)24)22-16(26)14(15(20)25)21-9-1-2-9/h3-4,7,9,14,17,21H,1-2,5-6,8H2,(H2,20,25)(H,22,26)/t14-/m1/s1. The number of anilines is 2. The highest BCUT2D eigenvalue weighted by Gasteiger charge is 2.32. The van der Waals surface area contributed by atoms with E-state index in [1.807, 2.05) is 0 Å². The Hall–Kier alpha value is -2.79. The van der Waals surface area contributed by atoms with E-state index >= 15 is 0 Å². The van der Waals surface area contributed by atoms with Crippen molar-refractivity contribution in [1.29, 1.82) is 0 Å². The van der Waals surface area contributed by atoms with Crippen molar-refractivity contribution in [3.05, 3.63) is 18.2 Å².